The monoisotopic (exact) mass is 888 g/mol. The van der Waals surface area contributed by atoms with Crippen LogP contribution in [0, 0.1) is 12.8 Å². The van der Waals surface area contributed by atoms with Crippen LogP contribution >= 0.6 is 0 Å². The third kappa shape index (κ3) is 7.73. The molecule has 0 saturated carbocycles. The normalized spacial score (nSPS) is 21.1. The number of pyridine rings is 1. The topological polar surface area (TPSA) is 140 Å². The summed E-state index contributed by atoms with van der Waals surface area (Å²) in [5.41, 5.74) is 10.3. The number of alkyl halides is 2. The quantitative estimate of drug-likeness (QED) is 0.197. The number of likely N-dealkylation sites (tertiary alicyclic amines) is 1. The Labute approximate surface area is 375 Å². The van der Waals surface area contributed by atoms with Crippen molar-refractivity contribution in [2.45, 2.75) is 76.8 Å². The summed E-state index contributed by atoms with van der Waals surface area (Å²) in [6.45, 7) is 7.45. The number of aryl methyl sites for hydroxylation is 3. The van der Waals surface area contributed by atoms with Crippen molar-refractivity contribution in [1.29, 1.82) is 0 Å². The lowest BCUT2D eigenvalue weighted by molar-refractivity contribution is -0.136. The Bertz CT molecular complexity index is 2720. The summed E-state index contributed by atoms with van der Waals surface area (Å²) in [6.07, 6.45) is 5.09. The summed E-state index contributed by atoms with van der Waals surface area (Å²) < 4.78 is 37.4. The summed E-state index contributed by atoms with van der Waals surface area (Å²) in [5, 5.41) is 5.25. The van der Waals surface area contributed by atoms with Crippen molar-refractivity contribution in [2.24, 2.45) is 13.0 Å². The smallest absolute Gasteiger partial charge is 0.264 e. The summed E-state index contributed by atoms with van der Waals surface area (Å²) in [5.74, 6) is -0.896. The average Bonchev–Trinajstić information content (AvgIpc) is 3.90. The summed E-state index contributed by atoms with van der Waals surface area (Å²) >= 11 is 0. The molecule has 7 heterocycles. The average molecular weight is 889 g/mol. The fourth-order valence-electron chi connectivity index (χ4n) is 11.0. The minimum absolute atomic E-state index is 0.0124. The first-order chi connectivity index (χ1) is 31.4. The second kappa shape index (κ2) is 17.0. The highest BCUT2D eigenvalue weighted by Gasteiger charge is 2.45. The maximum Gasteiger partial charge on any atom is 0.264 e. The highest BCUT2D eigenvalue weighted by Crippen LogP contribution is 2.44. The number of methoxy groups -OCH3 is 1. The summed E-state index contributed by atoms with van der Waals surface area (Å²) in [7, 11) is 3.33. The molecule has 3 aromatic carbocycles. The van der Waals surface area contributed by atoms with Gasteiger partial charge in [-0.1, -0.05) is 0 Å². The zero-order valence-electron chi connectivity index (χ0n) is 37.0. The number of imide groups is 2. The number of anilines is 3. The molecule has 340 valence electrons. The largest absolute Gasteiger partial charge is 0.497 e. The first-order valence-corrected chi connectivity index (χ1v) is 22.8. The van der Waals surface area contributed by atoms with Crippen LogP contribution in [0.2, 0.25) is 0 Å². The maximum atomic E-state index is 15.1. The zero-order chi connectivity index (χ0) is 45.3. The van der Waals surface area contributed by atoms with Crippen LogP contribution in [0.1, 0.15) is 94.3 Å². The highest BCUT2D eigenvalue weighted by molar-refractivity contribution is 6.23. The molecule has 10 rings (SSSR count). The van der Waals surface area contributed by atoms with Crippen LogP contribution in [-0.2, 0) is 23.1 Å². The Morgan fingerprint density at radius 2 is 1.58 bits per heavy atom. The molecule has 4 aromatic rings. The Kier molecular flexibility index (Phi) is 11.2. The lowest BCUT2D eigenvalue weighted by atomic mass is 9.91. The fraction of sp³-hybridized carbons (Fsp3) is 0.449. The molecule has 1 atom stereocenters. The van der Waals surface area contributed by atoms with Gasteiger partial charge in [0.2, 0.25) is 11.8 Å². The number of hydrazine groups is 1. The van der Waals surface area contributed by atoms with Crippen molar-refractivity contribution >= 4 is 57.2 Å². The Hall–Kier alpha value is -6.13. The van der Waals surface area contributed by atoms with Gasteiger partial charge in [-0.2, -0.15) is 0 Å². The summed E-state index contributed by atoms with van der Waals surface area (Å²) in [4.78, 5) is 71.5. The van der Waals surface area contributed by atoms with E-state index in [4.69, 9.17) is 4.74 Å². The van der Waals surface area contributed by atoms with E-state index in [0.717, 1.165) is 115 Å². The van der Waals surface area contributed by atoms with E-state index in [2.05, 4.69) is 30.5 Å². The van der Waals surface area contributed by atoms with Gasteiger partial charge in [0, 0.05) is 112 Å². The number of halogens is 2. The van der Waals surface area contributed by atoms with Gasteiger partial charge >= 0.3 is 0 Å². The van der Waals surface area contributed by atoms with Gasteiger partial charge in [0.05, 0.1) is 29.4 Å². The SMILES string of the molecule is COc1cc(N2CCCc3cc(C4=CN(C5CCN(CC6CCN(c7ccc8c(c7)C(=O)N(C7CCC(=O)NC7=O)C8=O)CC6)CC5)NC4)c(C(F)F)cc32)c2cc(C)c(=O)n(C)c2c1. The Morgan fingerprint density at radius 1 is 0.815 bits per heavy atom. The van der Waals surface area contributed by atoms with Gasteiger partial charge in [0.15, 0.2) is 0 Å². The molecule has 0 spiro atoms. The first-order valence-electron chi connectivity index (χ1n) is 22.8. The molecule has 16 heteroatoms. The molecule has 0 aliphatic carbocycles. The fourth-order valence-corrected chi connectivity index (χ4v) is 11.0. The predicted octanol–water partition coefficient (Wildman–Crippen LogP) is 5.82. The van der Waals surface area contributed by atoms with E-state index < -0.39 is 36.1 Å². The van der Waals surface area contributed by atoms with Crippen LogP contribution < -0.4 is 30.8 Å². The second-order valence-corrected chi connectivity index (χ2v) is 18.4. The molecule has 4 amide bonds. The van der Waals surface area contributed by atoms with Gasteiger partial charge in [0.25, 0.3) is 23.8 Å². The van der Waals surface area contributed by atoms with Gasteiger partial charge < -0.3 is 29.0 Å². The number of piperidine rings is 3. The third-order valence-corrected chi connectivity index (χ3v) is 14.6. The molecule has 6 aliphatic rings. The van der Waals surface area contributed by atoms with Crippen molar-refractivity contribution in [1.82, 2.24) is 30.1 Å². The number of amides is 4. The van der Waals surface area contributed by atoms with Crippen molar-refractivity contribution < 1.29 is 32.7 Å². The number of hydrogen-bond donors (Lipinski definition) is 2. The summed E-state index contributed by atoms with van der Waals surface area (Å²) in [6, 6.07) is 13.9. The van der Waals surface area contributed by atoms with Crippen LogP contribution in [0.4, 0.5) is 25.8 Å². The van der Waals surface area contributed by atoms with Crippen molar-refractivity contribution in [2.75, 3.05) is 62.7 Å². The van der Waals surface area contributed by atoms with E-state index in [1.807, 2.05) is 36.5 Å². The Balaban J connectivity index is 0.768. The minimum atomic E-state index is -2.67. The lowest BCUT2D eigenvalue weighted by Gasteiger charge is -2.40. The molecule has 14 nitrogen and oxygen atoms in total. The number of carbonyl (C=O) groups excluding carboxylic acids is 4. The second-order valence-electron chi connectivity index (χ2n) is 18.4. The van der Waals surface area contributed by atoms with Crippen LogP contribution in [0.5, 0.6) is 5.75 Å². The molecule has 1 aromatic heterocycles. The zero-order valence-corrected chi connectivity index (χ0v) is 37.0. The van der Waals surface area contributed by atoms with Crippen molar-refractivity contribution in [3.63, 3.8) is 0 Å². The molecule has 2 N–H and O–H groups in total. The van der Waals surface area contributed by atoms with Crippen LogP contribution in [0.25, 0.3) is 16.5 Å². The van der Waals surface area contributed by atoms with Gasteiger partial charge in [-0.05, 0) is 111 Å². The number of nitrogens with one attached hydrogen (secondary N) is 2. The first kappa shape index (κ1) is 42.8. The Morgan fingerprint density at radius 3 is 2.32 bits per heavy atom. The number of ether oxygens (including phenoxy) is 1. The van der Waals surface area contributed by atoms with Gasteiger partial charge in [-0.25, -0.2) is 14.2 Å². The van der Waals surface area contributed by atoms with Crippen molar-refractivity contribution in [3.05, 3.63) is 98.5 Å². The molecule has 3 saturated heterocycles. The number of benzene rings is 3. The van der Waals surface area contributed by atoms with Gasteiger partial charge in [0.1, 0.15) is 11.8 Å². The predicted molar refractivity (Wildman–Crippen MR) is 243 cm³/mol. The molecular weight excluding hydrogens is 835 g/mol. The van der Waals surface area contributed by atoms with E-state index in [1.54, 1.807) is 43.8 Å². The van der Waals surface area contributed by atoms with E-state index in [9.17, 15) is 24.0 Å². The van der Waals surface area contributed by atoms with E-state index >= 15 is 8.78 Å². The van der Waals surface area contributed by atoms with Crippen LogP contribution in [0.15, 0.2) is 59.5 Å². The number of fused-ring (bicyclic) bond motifs is 3. The molecule has 0 bridgehead atoms. The third-order valence-electron chi connectivity index (χ3n) is 14.6. The molecule has 3 fully saturated rings. The molecule has 1 unspecified atom stereocenters. The van der Waals surface area contributed by atoms with Gasteiger partial charge in [-0.3, -0.25) is 34.2 Å². The van der Waals surface area contributed by atoms with Crippen molar-refractivity contribution in [3.8, 4) is 5.75 Å². The van der Waals surface area contributed by atoms with E-state index in [1.165, 1.54) is 0 Å². The minimum Gasteiger partial charge on any atom is -0.497 e. The molecule has 6 aliphatic heterocycles. The van der Waals surface area contributed by atoms with Crippen LogP contribution in [0.3, 0.4) is 0 Å². The van der Waals surface area contributed by atoms with Crippen LogP contribution in [-0.4, -0.2) is 108 Å². The number of carbonyl (C=O) groups is 4. The number of hydrogen-bond acceptors (Lipinski definition) is 11. The number of rotatable bonds is 9. The number of aromatic nitrogens is 1. The van der Waals surface area contributed by atoms with E-state index in [0.29, 0.717) is 41.4 Å². The van der Waals surface area contributed by atoms with E-state index in [-0.39, 0.29) is 35.6 Å². The molecule has 0 radical (unpaired) electrons. The number of nitrogens with zero attached hydrogens (tertiary/aromatic N) is 6. The van der Waals surface area contributed by atoms with Gasteiger partial charge in [-0.15, -0.1) is 0 Å². The maximum absolute atomic E-state index is 15.1. The lowest BCUT2D eigenvalue weighted by Crippen LogP contribution is -2.54. The molecule has 65 heavy (non-hydrogen) atoms. The standard InChI is InChI=1S/C49H54F2N8O6/c1-28-19-39-42(54(2)47(28)62)22-34(65-3)23-43(39)57-14-4-5-30-20-36(37(45(50)51)24-41(30)57)31-25-52-58(27-31)32-12-15-55(16-13-32)26-29-10-17-56(18-11-29)33-6-7-35-38(21-33)49(64)59(48(35)63)40-8-9-44(60)53-46(40)61/h6-7,19-24,27,29,32,40,45,52H,4-5,8-18,25-26H2,1-3H3,(H,53,60,61). The highest BCUT2D eigenvalue weighted by atomic mass is 19.3. The molecular formula is C49H54F2N8O6.